The highest BCUT2D eigenvalue weighted by molar-refractivity contribution is 5.93. The van der Waals surface area contributed by atoms with Gasteiger partial charge in [-0.2, -0.15) is 0 Å². The lowest BCUT2D eigenvalue weighted by Gasteiger charge is -2.35. The number of nitrogens with one attached hydrogen (secondary N) is 1. The summed E-state index contributed by atoms with van der Waals surface area (Å²) in [7, 11) is 0. The van der Waals surface area contributed by atoms with Crippen LogP contribution >= 0.6 is 0 Å². The van der Waals surface area contributed by atoms with E-state index in [1.165, 1.54) is 6.20 Å². The number of carbonyl (C=O) groups is 1. The van der Waals surface area contributed by atoms with E-state index in [1.54, 1.807) is 23.2 Å². The molecule has 1 saturated heterocycles. The van der Waals surface area contributed by atoms with Crippen molar-refractivity contribution in [1.29, 1.82) is 0 Å². The Morgan fingerprint density at radius 1 is 1.10 bits per heavy atom. The smallest absolute Gasteiger partial charge is 0.260 e. The number of amides is 1. The summed E-state index contributed by atoms with van der Waals surface area (Å²) in [5.41, 5.74) is -0.140. The summed E-state index contributed by atoms with van der Waals surface area (Å²) in [6.45, 7) is 2.61. The Hall–Kier alpha value is -2.63. The first-order valence-corrected chi connectivity index (χ1v) is 6.88. The van der Waals surface area contributed by atoms with Gasteiger partial charge in [-0.15, -0.1) is 0 Å². The number of piperazine rings is 1. The van der Waals surface area contributed by atoms with E-state index in [0.717, 1.165) is 5.82 Å². The maximum atomic E-state index is 12.3. The lowest BCUT2D eigenvalue weighted by atomic mass is 10.2. The molecular weight excluding hydrogens is 268 g/mol. The van der Waals surface area contributed by atoms with Crippen molar-refractivity contribution in [2.45, 2.75) is 0 Å². The molecule has 1 aliphatic rings. The third-order valence-electron chi connectivity index (χ3n) is 3.59. The van der Waals surface area contributed by atoms with Gasteiger partial charge in [-0.05, 0) is 24.3 Å². The first-order chi connectivity index (χ1) is 10.3. The number of aromatic nitrogens is 2. The number of aromatic amines is 1. The van der Waals surface area contributed by atoms with Crippen LogP contribution < -0.4 is 10.5 Å². The molecule has 0 bridgehead atoms. The zero-order valence-electron chi connectivity index (χ0n) is 11.5. The molecule has 108 valence electrons. The molecular formula is C15H16N4O2. The molecule has 0 atom stereocenters. The summed E-state index contributed by atoms with van der Waals surface area (Å²) >= 11 is 0. The molecule has 3 rings (SSSR count). The van der Waals surface area contributed by atoms with Gasteiger partial charge in [-0.3, -0.25) is 9.59 Å². The number of hydrogen-bond acceptors (Lipinski definition) is 4. The van der Waals surface area contributed by atoms with Crippen LogP contribution in [0, 0.1) is 0 Å². The minimum absolute atomic E-state index is 0.198. The zero-order valence-corrected chi connectivity index (χ0v) is 11.5. The summed E-state index contributed by atoms with van der Waals surface area (Å²) in [5.74, 6) is 0.708. The van der Waals surface area contributed by atoms with Gasteiger partial charge >= 0.3 is 0 Å². The molecule has 0 spiro atoms. The van der Waals surface area contributed by atoms with Gasteiger partial charge in [-0.25, -0.2) is 4.98 Å². The number of pyridine rings is 2. The molecule has 0 saturated carbocycles. The first kappa shape index (κ1) is 13.4. The highest BCUT2D eigenvalue weighted by atomic mass is 16.2. The number of H-pyrrole nitrogens is 1. The van der Waals surface area contributed by atoms with Crippen molar-refractivity contribution in [3.8, 4) is 0 Å². The van der Waals surface area contributed by atoms with E-state index in [-0.39, 0.29) is 17.0 Å². The van der Waals surface area contributed by atoms with E-state index >= 15 is 0 Å². The zero-order chi connectivity index (χ0) is 14.7. The van der Waals surface area contributed by atoms with E-state index in [0.29, 0.717) is 26.2 Å². The molecule has 0 unspecified atom stereocenters. The van der Waals surface area contributed by atoms with Gasteiger partial charge in [0.15, 0.2) is 0 Å². The fourth-order valence-electron chi connectivity index (χ4n) is 2.44. The first-order valence-electron chi connectivity index (χ1n) is 6.88. The Kier molecular flexibility index (Phi) is 3.68. The average Bonchev–Trinajstić information content (AvgIpc) is 2.56. The van der Waals surface area contributed by atoms with Crippen molar-refractivity contribution < 1.29 is 4.79 Å². The molecule has 21 heavy (non-hydrogen) atoms. The summed E-state index contributed by atoms with van der Waals surface area (Å²) in [4.78, 5) is 34.7. The molecule has 0 aromatic carbocycles. The van der Waals surface area contributed by atoms with Crippen LogP contribution in [0.1, 0.15) is 10.4 Å². The SMILES string of the molecule is O=C(c1ccc[nH]c1=O)N1CCN(c2ccccn2)CC1. The van der Waals surface area contributed by atoms with Gasteiger partial charge in [0.2, 0.25) is 0 Å². The highest BCUT2D eigenvalue weighted by Crippen LogP contribution is 2.13. The Balaban J connectivity index is 1.68. The van der Waals surface area contributed by atoms with Crippen LogP contribution in [-0.4, -0.2) is 47.0 Å². The second-order valence-electron chi connectivity index (χ2n) is 4.88. The molecule has 2 aromatic rings. The predicted molar refractivity (Wildman–Crippen MR) is 79.4 cm³/mol. The number of anilines is 1. The van der Waals surface area contributed by atoms with Gasteiger partial charge < -0.3 is 14.8 Å². The maximum Gasteiger partial charge on any atom is 0.260 e. The van der Waals surface area contributed by atoms with Crippen LogP contribution in [0.15, 0.2) is 47.5 Å². The van der Waals surface area contributed by atoms with E-state index in [4.69, 9.17) is 0 Å². The molecule has 1 N–H and O–H groups in total. The molecule has 6 heteroatoms. The average molecular weight is 284 g/mol. The monoisotopic (exact) mass is 284 g/mol. The third kappa shape index (κ3) is 2.79. The van der Waals surface area contributed by atoms with E-state index in [1.807, 2.05) is 18.2 Å². The minimum atomic E-state index is -0.338. The van der Waals surface area contributed by atoms with Crippen molar-refractivity contribution in [2.24, 2.45) is 0 Å². The molecule has 6 nitrogen and oxygen atoms in total. The van der Waals surface area contributed by atoms with E-state index in [9.17, 15) is 9.59 Å². The summed E-state index contributed by atoms with van der Waals surface area (Å²) in [6.07, 6.45) is 3.29. The van der Waals surface area contributed by atoms with Crippen LogP contribution in [0.4, 0.5) is 5.82 Å². The van der Waals surface area contributed by atoms with E-state index in [2.05, 4.69) is 14.9 Å². The molecule has 0 aliphatic carbocycles. The highest BCUT2D eigenvalue weighted by Gasteiger charge is 2.24. The van der Waals surface area contributed by atoms with Gasteiger partial charge in [0.05, 0.1) is 0 Å². The molecule has 3 heterocycles. The van der Waals surface area contributed by atoms with Crippen LogP contribution in [0.5, 0.6) is 0 Å². The molecule has 1 amide bonds. The molecule has 1 aliphatic heterocycles. The molecule has 0 radical (unpaired) electrons. The second kappa shape index (κ2) is 5.78. The fraction of sp³-hybridized carbons (Fsp3) is 0.267. The van der Waals surface area contributed by atoms with Crippen molar-refractivity contribution in [1.82, 2.24) is 14.9 Å². The van der Waals surface area contributed by atoms with Crippen LogP contribution in [0.3, 0.4) is 0 Å². The predicted octanol–water partition coefficient (Wildman–Crippen LogP) is 0.732. The van der Waals surface area contributed by atoms with Gasteiger partial charge in [0.1, 0.15) is 11.4 Å². The van der Waals surface area contributed by atoms with Crippen molar-refractivity contribution in [3.05, 3.63) is 58.6 Å². The summed E-state index contributed by atoms with van der Waals surface area (Å²) in [5, 5.41) is 0. The van der Waals surface area contributed by atoms with Crippen LogP contribution in [0.2, 0.25) is 0 Å². The number of rotatable bonds is 2. The summed E-state index contributed by atoms with van der Waals surface area (Å²) < 4.78 is 0. The topological polar surface area (TPSA) is 69.3 Å². The van der Waals surface area contributed by atoms with Crippen molar-refractivity contribution in [3.63, 3.8) is 0 Å². The largest absolute Gasteiger partial charge is 0.353 e. The van der Waals surface area contributed by atoms with E-state index < -0.39 is 0 Å². The Bertz CT molecular complexity index is 675. The fourth-order valence-corrected chi connectivity index (χ4v) is 2.44. The second-order valence-corrected chi connectivity index (χ2v) is 4.88. The van der Waals surface area contributed by atoms with Gasteiger partial charge in [0, 0.05) is 38.6 Å². The Morgan fingerprint density at radius 3 is 2.57 bits per heavy atom. The lowest BCUT2D eigenvalue weighted by molar-refractivity contribution is 0.0744. The number of carbonyl (C=O) groups excluding carboxylic acids is 1. The standard InChI is InChI=1S/C15H16N4O2/c20-14-12(4-3-7-17-14)15(21)19-10-8-18(9-11-19)13-5-1-2-6-16-13/h1-7H,8-11H2,(H,17,20). The van der Waals surface area contributed by atoms with Gasteiger partial charge in [-0.1, -0.05) is 6.07 Å². The quantitative estimate of drug-likeness (QED) is 0.883. The normalized spacial score (nSPS) is 15.0. The maximum absolute atomic E-state index is 12.3. The Labute approximate surface area is 122 Å². The van der Waals surface area contributed by atoms with Crippen molar-refractivity contribution in [2.75, 3.05) is 31.1 Å². The number of nitrogens with zero attached hydrogens (tertiary/aromatic N) is 3. The summed E-state index contributed by atoms with van der Waals surface area (Å²) in [6, 6.07) is 9.01. The lowest BCUT2D eigenvalue weighted by Crippen LogP contribution is -2.49. The van der Waals surface area contributed by atoms with Gasteiger partial charge in [0.25, 0.3) is 11.5 Å². The third-order valence-corrected chi connectivity index (χ3v) is 3.59. The van der Waals surface area contributed by atoms with Crippen LogP contribution in [-0.2, 0) is 0 Å². The Morgan fingerprint density at radius 2 is 1.90 bits per heavy atom. The van der Waals surface area contributed by atoms with Crippen molar-refractivity contribution >= 4 is 11.7 Å². The molecule has 2 aromatic heterocycles. The minimum Gasteiger partial charge on any atom is -0.353 e. The molecule has 1 fully saturated rings. The number of hydrogen-bond donors (Lipinski definition) is 1. The van der Waals surface area contributed by atoms with Crippen LogP contribution in [0.25, 0.3) is 0 Å².